The molecule has 1 heterocycles. The summed E-state index contributed by atoms with van der Waals surface area (Å²) in [5, 5.41) is 6.12. The van der Waals surface area contributed by atoms with Gasteiger partial charge in [-0.1, -0.05) is 63.2 Å². The molecule has 0 bridgehead atoms. The van der Waals surface area contributed by atoms with Crippen molar-refractivity contribution in [3.05, 3.63) is 83.7 Å². The standard InChI is InChI=1S/C23H26N4O/c1-16(17-8-6-5-7-9-17)26-22-24-14-18(15-25-22)21(28)27-20-12-10-19(11-13-20)23(2,3)4/h5-16H,1-4H3,(H,27,28)(H,24,25,26). The SMILES string of the molecule is CC(Nc1ncc(C(=O)Nc2ccc(C(C)(C)C)cc2)cn1)c1ccccc1. The second-order valence-electron chi connectivity index (χ2n) is 7.85. The molecule has 0 fully saturated rings. The van der Waals surface area contributed by atoms with Crippen LogP contribution in [0, 0.1) is 0 Å². The number of benzene rings is 2. The van der Waals surface area contributed by atoms with Gasteiger partial charge in [-0.05, 0) is 35.6 Å². The van der Waals surface area contributed by atoms with Crippen molar-refractivity contribution in [3.63, 3.8) is 0 Å². The predicted octanol–water partition coefficient (Wildman–Crippen LogP) is 5.20. The maximum atomic E-state index is 12.4. The van der Waals surface area contributed by atoms with Gasteiger partial charge in [-0.3, -0.25) is 4.79 Å². The van der Waals surface area contributed by atoms with Crippen LogP contribution in [0.15, 0.2) is 67.0 Å². The third-order valence-corrected chi connectivity index (χ3v) is 4.57. The minimum Gasteiger partial charge on any atom is -0.348 e. The van der Waals surface area contributed by atoms with E-state index >= 15 is 0 Å². The average molecular weight is 374 g/mol. The van der Waals surface area contributed by atoms with E-state index in [9.17, 15) is 4.79 Å². The molecule has 0 aliphatic rings. The highest BCUT2D eigenvalue weighted by molar-refractivity contribution is 6.03. The van der Waals surface area contributed by atoms with Gasteiger partial charge in [-0.2, -0.15) is 0 Å². The Hall–Kier alpha value is -3.21. The summed E-state index contributed by atoms with van der Waals surface area (Å²) in [4.78, 5) is 21.0. The summed E-state index contributed by atoms with van der Waals surface area (Å²) >= 11 is 0. The van der Waals surface area contributed by atoms with Crippen LogP contribution in [-0.4, -0.2) is 15.9 Å². The van der Waals surface area contributed by atoms with Gasteiger partial charge < -0.3 is 10.6 Å². The number of hydrogen-bond donors (Lipinski definition) is 2. The van der Waals surface area contributed by atoms with E-state index in [1.165, 1.54) is 18.0 Å². The highest BCUT2D eigenvalue weighted by Gasteiger charge is 2.14. The number of nitrogens with one attached hydrogen (secondary N) is 2. The molecule has 0 saturated carbocycles. The number of aromatic nitrogens is 2. The molecular formula is C23H26N4O. The van der Waals surface area contributed by atoms with Gasteiger partial charge in [-0.25, -0.2) is 9.97 Å². The Kier molecular flexibility index (Phi) is 5.73. The van der Waals surface area contributed by atoms with Crippen LogP contribution >= 0.6 is 0 Å². The van der Waals surface area contributed by atoms with Gasteiger partial charge in [0.05, 0.1) is 11.6 Å². The summed E-state index contributed by atoms with van der Waals surface area (Å²) in [6.45, 7) is 8.52. The van der Waals surface area contributed by atoms with E-state index in [1.807, 2.05) is 61.5 Å². The van der Waals surface area contributed by atoms with Crippen LogP contribution in [0.3, 0.4) is 0 Å². The monoisotopic (exact) mass is 374 g/mol. The van der Waals surface area contributed by atoms with Gasteiger partial charge in [0.25, 0.3) is 5.91 Å². The maximum Gasteiger partial charge on any atom is 0.258 e. The van der Waals surface area contributed by atoms with Crippen LogP contribution < -0.4 is 10.6 Å². The molecule has 0 spiro atoms. The first kappa shape index (κ1) is 19.5. The molecule has 2 N–H and O–H groups in total. The van der Waals surface area contributed by atoms with E-state index in [0.29, 0.717) is 11.5 Å². The molecule has 5 heteroatoms. The van der Waals surface area contributed by atoms with Gasteiger partial charge in [-0.15, -0.1) is 0 Å². The molecule has 1 unspecified atom stereocenters. The highest BCUT2D eigenvalue weighted by atomic mass is 16.1. The molecule has 0 aliphatic carbocycles. The Labute approximate surface area is 166 Å². The Morgan fingerprint density at radius 2 is 1.54 bits per heavy atom. The first-order valence-corrected chi connectivity index (χ1v) is 9.38. The lowest BCUT2D eigenvalue weighted by atomic mass is 9.87. The summed E-state index contributed by atoms with van der Waals surface area (Å²) in [6, 6.07) is 18.0. The Bertz CT molecular complexity index is 914. The second-order valence-corrected chi connectivity index (χ2v) is 7.85. The van der Waals surface area contributed by atoms with Gasteiger partial charge in [0, 0.05) is 18.1 Å². The topological polar surface area (TPSA) is 66.9 Å². The van der Waals surface area contributed by atoms with Crippen molar-refractivity contribution < 1.29 is 4.79 Å². The minimum atomic E-state index is -0.230. The summed E-state index contributed by atoms with van der Waals surface area (Å²) in [6.07, 6.45) is 3.07. The van der Waals surface area contributed by atoms with Crippen LogP contribution in [0.5, 0.6) is 0 Å². The number of anilines is 2. The second kappa shape index (κ2) is 8.21. The molecule has 1 aromatic heterocycles. The molecule has 144 valence electrons. The van der Waals surface area contributed by atoms with Crippen LogP contribution in [0.1, 0.15) is 55.2 Å². The van der Waals surface area contributed by atoms with Gasteiger partial charge in [0.15, 0.2) is 0 Å². The molecule has 1 amide bonds. The Morgan fingerprint density at radius 3 is 2.11 bits per heavy atom. The van der Waals surface area contributed by atoms with Crippen molar-refractivity contribution in [2.45, 2.75) is 39.2 Å². The lowest BCUT2D eigenvalue weighted by Crippen LogP contribution is -2.15. The maximum absolute atomic E-state index is 12.4. The third kappa shape index (κ3) is 4.94. The number of rotatable bonds is 5. The Balaban J connectivity index is 1.62. The summed E-state index contributed by atoms with van der Waals surface area (Å²) in [7, 11) is 0. The molecule has 2 aromatic carbocycles. The average Bonchev–Trinajstić information content (AvgIpc) is 2.69. The first-order chi connectivity index (χ1) is 13.3. The van der Waals surface area contributed by atoms with Crippen molar-refractivity contribution >= 4 is 17.5 Å². The molecule has 5 nitrogen and oxygen atoms in total. The van der Waals surface area contributed by atoms with Gasteiger partial charge in [0.2, 0.25) is 5.95 Å². The van der Waals surface area contributed by atoms with E-state index in [-0.39, 0.29) is 17.4 Å². The van der Waals surface area contributed by atoms with Crippen molar-refractivity contribution in [3.8, 4) is 0 Å². The number of amides is 1. The number of nitrogens with zero attached hydrogens (tertiary/aromatic N) is 2. The number of hydrogen-bond acceptors (Lipinski definition) is 4. The van der Waals surface area contributed by atoms with E-state index in [1.54, 1.807) is 0 Å². The number of carbonyl (C=O) groups is 1. The summed E-state index contributed by atoms with van der Waals surface area (Å²) < 4.78 is 0. The molecular weight excluding hydrogens is 348 g/mol. The van der Waals surface area contributed by atoms with Crippen LogP contribution in [0.2, 0.25) is 0 Å². The predicted molar refractivity (Wildman–Crippen MR) is 114 cm³/mol. The Morgan fingerprint density at radius 1 is 0.929 bits per heavy atom. The zero-order valence-electron chi connectivity index (χ0n) is 16.7. The lowest BCUT2D eigenvalue weighted by Gasteiger charge is -2.19. The zero-order chi connectivity index (χ0) is 20.1. The van der Waals surface area contributed by atoms with Crippen LogP contribution in [0.4, 0.5) is 11.6 Å². The molecule has 3 rings (SSSR count). The van der Waals surface area contributed by atoms with E-state index in [2.05, 4.69) is 41.4 Å². The molecule has 1 atom stereocenters. The number of carbonyl (C=O) groups excluding carboxylic acids is 1. The third-order valence-electron chi connectivity index (χ3n) is 4.57. The smallest absolute Gasteiger partial charge is 0.258 e. The largest absolute Gasteiger partial charge is 0.348 e. The molecule has 0 aliphatic heterocycles. The first-order valence-electron chi connectivity index (χ1n) is 9.38. The summed E-state index contributed by atoms with van der Waals surface area (Å²) in [5.41, 5.74) is 3.61. The minimum absolute atomic E-state index is 0.0715. The highest BCUT2D eigenvalue weighted by Crippen LogP contribution is 2.23. The van der Waals surface area contributed by atoms with Gasteiger partial charge >= 0.3 is 0 Å². The fourth-order valence-corrected chi connectivity index (χ4v) is 2.80. The van der Waals surface area contributed by atoms with E-state index in [4.69, 9.17) is 0 Å². The molecule has 28 heavy (non-hydrogen) atoms. The van der Waals surface area contributed by atoms with Crippen LogP contribution in [-0.2, 0) is 5.41 Å². The van der Waals surface area contributed by atoms with Crippen molar-refractivity contribution in [2.24, 2.45) is 0 Å². The van der Waals surface area contributed by atoms with Crippen molar-refractivity contribution in [1.82, 2.24) is 9.97 Å². The van der Waals surface area contributed by atoms with E-state index < -0.39 is 0 Å². The lowest BCUT2D eigenvalue weighted by molar-refractivity contribution is 0.102. The van der Waals surface area contributed by atoms with E-state index in [0.717, 1.165) is 11.3 Å². The quantitative estimate of drug-likeness (QED) is 0.644. The van der Waals surface area contributed by atoms with Gasteiger partial charge in [0.1, 0.15) is 0 Å². The normalized spacial score (nSPS) is 12.3. The fraction of sp³-hybridized carbons (Fsp3) is 0.261. The summed E-state index contributed by atoms with van der Waals surface area (Å²) in [5.74, 6) is 0.258. The fourth-order valence-electron chi connectivity index (χ4n) is 2.80. The molecule has 3 aromatic rings. The van der Waals surface area contributed by atoms with Crippen LogP contribution in [0.25, 0.3) is 0 Å². The van der Waals surface area contributed by atoms with Crippen molar-refractivity contribution in [2.75, 3.05) is 10.6 Å². The molecule has 0 saturated heterocycles. The molecule has 0 radical (unpaired) electrons. The van der Waals surface area contributed by atoms with Crippen molar-refractivity contribution in [1.29, 1.82) is 0 Å². The zero-order valence-corrected chi connectivity index (χ0v) is 16.7.